The maximum absolute atomic E-state index is 12.7. The summed E-state index contributed by atoms with van der Waals surface area (Å²) in [5.41, 5.74) is 4.52. The van der Waals surface area contributed by atoms with Crippen molar-refractivity contribution < 1.29 is 13.2 Å². The van der Waals surface area contributed by atoms with E-state index in [0.717, 1.165) is 17.9 Å². The van der Waals surface area contributed by atoms with Crippen molar-refractivity contribution in [2.75, 3.05) is 4.72 Å². The summed E-state index contributed by atoms with van der Waals surface area (Å²) < 4.78 is 27.8. The van der Waals surface area contributed by atoms with Gasteiger partial charge in [-0.15, -0.1) is 0 Å². The molecule has 3 aliphatic carbocycles. The number of hydrogen-bond donors (Lipinski definition) is 2. The lowest BCUT2D eigenvalue weighted by Gasteiger charge is -2.55. The number of carbonyl (C=O) groups excluding carboxylic acids is 1. The van der Waals surface area contributed by atoms with Gasteiger partial charge in [-0.25, -0.2) is 13.8 Å². The van der Waals surface area contributed by atoms with Crippen molar-refractivity contribution in [3.8, 4) is 0 Å². The van der Waals surface area contributed by atoms with Crippen LogP contribution in [0.1, 0.15) is 37.0 Å². The van der Waals surface area contributed by atoms with Crippen molar-refractivity contribution in [3.63, 3.8) is 0 Å². The molecule has 0 aliphatic heterocycles. The maximum Gasteiger partial charge on any atom is 0.271 e. The van der Waals surface area contributed by atoms with E-state index in [4.69, 9.17) is 11.6 Å². The third-order valence-corrected chi connectivity index (χ3v) is 8.02. The summed E-state index contributed by atoms with van der Waals surface area (Å²) in [6.45, 7) is 4.55. The highest BCUT2D eigenvalue weighted by Gasteiger charge is 2.50. The van der Waals surface area contributed by atoms with Crippen LogP contribution in [0, 0.1) is 17.3 Å². The van der Waals surface area contributed by atoms with Gasteiger partial charge in [-0.1, -0.05) is 37.6 Å². The molecule has 31 heavy (non-hydrogen) atoms. The molecule has 0 heterocycles. The van der Waals surface area contributed by atoms with E-state index in [1.54, 1.807) is 36.5 Å². The molecule has 2 bridgehead atoms. The molecule has 3 aliphatic rings. The third-order valence-electron chi connectivity index (χ3n) is 6.39. The lowest BCUT2D eigenvalue weighted by atomic mass is 9.49. The topological polar surface area (TPSA) is 87.6 Å². The standard InChI is InChI=1S/C23H24ClN3O3S/c1-23(2)17-7-6-16(21(23)13-17)14-25-26-22(28)15-4-3-5-20(12-15)31(29,30)27-19-10-8-18(24)9-11-19/h3-6,8-12,14,17,21,27H,7,13H2,1-2H3,(H,26,28)/t17-,21+/m0/s1. The summed E-state index contributed by atoms with van der Waals surface area (Å²) in [7, 11) is -3.86. The zero-order valence-electron chi connectivity index (χ0n) is 17.3. The fraction of sp³-hybridized carbons (Fsp3) is 0.304. The molecule has 5 rings (SSSR count). The third kappa shape index (κ3) is 4.38. The number of fused-ring (bicyclic) bond motifs is 1. The number of hydrogen-bond acceptors (Lipinski definition) is 4. The molecule has 2 N–H and O–H groups in total. The molecule has 0 unspecified atom stereocenters. The Kier molecular flexibility index (Phi) is 5.66. The number of benzene rings is 2. The van der Waals surface area contributed by atoms with E-state index in [1.807, 2.05) is 0 Å². The number of allylic oxidation sites excluding steroid dienone is 2. The van der Waals surface area contributed by atoms with Crippen LogP contribution >= 0.6 is 11.6 Å². The number of carbonyl (C=O) groups is 1. The average molecular weight is 458 g/mol. The molecule has 2 atom stereocenters. The van der Waals surface area contributed by atoms with Gasteiger partial charge in [0, 0.05) is 16.3 Å². The molecule has 1 saturated carbocycles. The maximum atomic E-state index is 12.7. The second-order valence-electron chi connectivity index (χ2n) is 8.59. The largest absolute Gasteiger partial charge is 0.280 e. The van der Waals surface area contributed by atoms with Crippen LogP contribution in [-0.4, -0.2) is 20.5 Å². The first-order valence-corrected chi connectivity index (χ1v) is 11.9. The van der Waals surface area contributed by atoms with Crippen molar-refractivity contribution >= 4 is 39.4 Å². The summed E-state index contributed by atoms with van der Waals surface area (Å²) in [5.74, 6) is 0.733. The smallest absolute Gasteiger partial charge is 0.271 e. The number of halogens is 1. The molecule has 2 aromatic rings. The van der Waals surface area contributed by atoms with E-state index >= 15 is 0 Å². The van der Waals surface area contributed by atoms with Crippen molar-refractivity contribution in [1.29, 1.82) is 0 Å². The average Bonchev–Trinajstić information content (AvgIpc) is 2.75. The number of nitrogens with one attached hydrogen (secondary N) is 2. The van der Waals surface area contributed by atoms with Crippen molar-refractivity contribution in [3.05, 3.63) is 70.8 Å². The molecular weight excluding hydrogens is 434 g/mol. The summed E-state index contributed by atoms with van der Waals surface area (Å²) in [6, 6.07) is 12.1. The highest BCUT2D eigenvalue weighted by molar-refractivity contribution is 7.92. The van der Waals surface area contributed by atoms with Crippen LogP contribution in [0.25, 0.3) is 0 Å². The van der Waals surface area contributed by atoms with Gasteiger partial charge >= 0.3 is 0 Å². The first kappa shape index (κ1) is 21.6. The van der Waals surface area contributed by atoms with Crippen LogP contribution in [-0.2, 0) is 10.0 Å². The molecule has 0 saturated heterocycles. The van der Waals surface area contributed by atoms with Gasteiger partial charge in [0.1, 0.15) is 0 Å². The van der Waals surface area contributed by atoms with E-state index < -0.39 is 15.9 Å². The number of sulfonamides is 1. The number of hydrazone groups is 1. The van der Waals surface area contributed by atoms with Crippen LogP contribution in [0.4, 0.5) is 5.69 Å². The van der Waals surface area contributed by atoms with Gasteiger partial charge in [-0.3, -0.25) is 9.52 Å². The lowest BCUT2D eigenvalue weighted by Crippen LogP contribution is -2.48. The Morgan fingerprint density at radius 3 is 2.61 bits per heavy atom. The highest BCUT2D eigenvalue weighted by Crippen LogP contribution is 2.58. The minimum absolute atomic E-state index is 0.0173. The Morgan fingerprint density at radius 2 is 1.94 bits per heavy atom. The minimum Gasteiger partial charge on any atom is -0.280 e. The fourth-order valence-electron chi connectivity index (χ4n) is 4.31. The molecule has 0 spiro atoms. The Morgan fingerprint density at radius 1 is 1.19 bits per heavy atom. The predicted octanol–water partition coefficient (Wildman–Crippen LogP) is 4.85. The summed E-state index contributed by atoms with van der Waals surface area (Å²) in [6.07, 6.45) is 6.11. The molecular formula is C23H24ClN3O3S. The predicted molar refractivity (Wildman–Crippen MR) is 123 cm³/mol. The van der Waals surface area contributed by atoms with E-state index in [-0.39, 0.29) is 15.9 Å². The molecule has 0 radical (unpaired) electrons. The van der Waals surface area contributed by atoms with Crippen LogP contribution in [0.15, 0.2) is 70.2 Å². The van der Waals surface area contributed by atoms with Crippen LogP contribution < -0.4 is 10.1 Å². The zero-order valence-corrected chi connectivity index (χ0v) is 18.9. The van der Waals surface area contributed by atoms with Crippen LogP contribution in [0.5, 0.6) is 0 Å². The van der Waals surface area contributed by atoms with Gasteiger partial charge in [-0.05, 0) is 78.1 Å². The second-order valence-corrected chi connectivity index (χ2v) is 10.7. The summed E-state index contributed by atoms with van der Waals surface area (Å²) >= 11 is 5.83. The first-order chi connectivity index (χ1) is 14.7. The molecule has 1 fully saturated rings. The van der Waals surface area contributed by atoms with E-state index in [2.05, 4.69) is 35.2 Å². The lowest BCUT2D eigenvalue weighted by molar-refractivity contribution is -0.00126. The van der Waals surface area contributed by atoms with E-state index in [1.165, 1.54) is 24.6 Å². The molecule has 6 nitrogen and oxygen atoms in total. The fourth-order valence-corrected chi connectivity index (χ4v) is 5.54. The molecule has 0 aromatic heterocycles. The molecule has 2 aromatic carbocycles. The van der Waals surface area contributed by atoms with Crippen molar-refractivity contribution in [1.82, 2.24) is 5.43 Å². The first-order valence-electron chi connectivity index (χ1n) is 10.1. The summed E-state index contributed by atoms with van der Waals surface area (Å²) in [4.78, 5) is 12.5. The van der Waals surface area contributed by atoms with Gasteiger partial charge in [0.2, 0.25) is 0 Å². The van der Waals surface area contributed by atoms with Gasteiger partial charge in [-0.2, -0.15) is 5.10 Å². The zero-order chi connectivity index (χ0) is 22.2. The SMILES string of the molecule is CC1(C)[C@H]2CC=C(C=NNC(=O)c3cccc(S(=O)(=O)Nc4ccc(Cl)cc4)c3)[C@H]1C2. The quantitative estimate of drug-likeness (QED) is 0.480. The Hall–Kier alpha value is -2.64. The highest BCUT2D eigenvalue weighted by atomic mass is 35.5. The van der Waals surface area contributed by atoms with Gasteiger partial charge in [0.15, 0.2) is 0 Å². The minimum atomic E-state index is -3.86. The normalized spacial score (nSPS) is 21.8. The van der Waals surface area contributed by atoms with Crippen molar-refractivity contribution in [2.24, 2.45) is 22.4 Å². The van der Waals surface area contributed by atoms with E-state index in [9.17, 15) is 13.2 Å². The monoisotopic (exact) mass is 457 g/mol. The van der Waals surface area contributed by atoms with Gasteiger partial charge < -0.3 is 0 Å². The van der Waals surface area contributed by atoms with Gasteiger partial charge in [0.25, 0.3) is 15.9 Å². The number of anilines is 1. The van der Waals surface area contributed by atoms with Crippen LogP contribution in [0.2, 0.25) is 5.02 Å². The number of rotatable bonds is 6. The second kappa shape index (κ2) is 8.13. The van der Waals surface area contributed by atoms with Crippen LogP contribution in [0.3, 0.4) is 0 Å². The summed E-state index contributed by atoms with van der Waals surface area (Å²) in [5, 5.41) is 4.62. The molecule has 162 valence electrons. The van der Waals surface area contributed by atoms with E-state index in [0.29, 0.717) is 16.6 Å². The Labute approximate surface area is 187 Å². The Balaban J connectivity index is 1.43. The molecule has 8 heteroatoms. The number of nitrogens with zero attached hydrogens (tertiary/aromatic N) is 1. The Bertz CT molecular complexity index is 1170. The van der Waals surface area contributed by atoms with Gasteiger partial charge in [0.05, 0.1) is 11.1 Å². The van der Waals surface area contributed by atoms with Crippen molar-refractivity contribution in [2.45, 2.75) is 31.6 Å². The molecule has 1 amide bonds. The number of amides is 1.